The van der Waals surface area contributed by atoms with Gasteiger partial charge in [-0.15, -0.1) is 11.8 Å². The van der Waals surface area contributed by atoms with Gasteiger partial charge in [0.1, 0.15) is 0 Å². The zero-order valence-electron chi connectivity index (χ0n) is 7.09. The molecular weight excluding hydrogens is 158 g/mol. The molecule has 0 aromatic carbocycles. The number of thioether (sulfide) groups is 1. The lowest BCUT2D eigenvalue weighted by Gasteiger charge is -2.24. The fraction of sp³-hybridized carbons (Fsp3) is 0.875. The molecule has 0 aromatic rings. The van der Waals surface area contributed by atoms with Crippen LogP contribution >= 0.6 is 11.8 Å². The maximum atomic E-state index is 10.9. The predicted molar refractivity (Wildman–Crippen MR) is 48.7 cm³/mol. The van der Waals surface area contributed by atoms with E-state index in [1.807, 2.05) is 0 Å². The fourth-order valence-corrected chi connectivity index (χ4v) is 2.19. The van der Waals surface area contributed by atoms with Crippen LogP contribution < -0.4 is 5.32 Å². The van der Waals surface area contributed by atoms with Gasteiger partial charge >= 0.3 is 0 Å². The Bertz CT molecular complexity index is 147. The molecule has 0 radical (unpaired) electrons. The first kappa shape index (κ1) is 8.91. The van der Waals surface area contributed by atoms with E-state index in [1.54, 1.807) is 11.8 Å². The largest absolute Gasteiger partial charge is 0.352 e. The molecule has 1 atom stereocenters. The molecule has 3 heteroatoms. The van der Waals surface area contributed by atoms with Gasteiger partial charge in [0.25, 0.3) is 0 Å². The standard InChI is InChI=1S/C8H15NOS/c1-6(2)3-7-4-11-5-8(10)9-7/h6-7H,3-5H2,1-2H3,(H,9,10). The second-order valence-electron chi connectivity index (χ2n) is 3.41. The van der Waals surface area contributed by atoms with E-state index in [9.17, 15) is 4.79 Å². The summed E-state index contributed by atoms with van der Waals surface area (Å²) in [5, 5.41) is 2.99. The predicted octanol–water partition coefficient (Wildman–Crippen LogP) is 1.26. The Kier molecular flexibility index (Phi) is 3.24. The molecule has 1 N–H and O–H groups in total. The van der Waals surface area contributed by atoms with Gasteiger partial charge in [0.05, 0.1) is 5.75 Å². The second kappa shape index (κ2) is 4.00. The zero-order valence-corrected chi connectivity index (χ0v) is 7.91. The van der Waals surface area contributed by atoms with Crippen molar-refractivity contribution < 1.29 is 4.79 Å². The Labute approximate surface area is 72.1 Å². The lowest BCUT2D eigenvalue weighted by Crippen LogP contribution is -2.42. The molecule has 1 heterocycles. The number of rotatable bonds is 2. The van der Waals surface area contributed by atoms with E-state index in [0.717, 1.165) is 12.2 Å². The van der Waals surface area contributed by atoms with Crippen LogP contribution in [0.2, 0.25) is 0 Å². The SMILES string of the molecule is CC(C)CC1CSCC(=O)N1. The summed E-state index contributed by atoms with van der Waals surface area (Å²) >= 11 is 1.74. The summed E-state index contributed by atoms with van der Waals surface area (Å²) in [4.78, 5) is 10.9. The van der Waals surface area contributed by atoms with E-state index in [0.29, 0.717) is 17.7 Å². The molecule has 0 aromatic heterocycles. The minimum Gasteiger partial charge on any atom is -0.352 e. The Morgan fingerprint density at radius 2 is 2.45 bits per heavy atom. The van der Waals surface area contributed by atoms with Crippen molar-refractivity contribution in [2.24, 2.45) is 5.92 Å². The number of carbonyl (C=O) groups excluding carboxylic acids is 1. The topological polar surface area (TPSA) is 29.1 Å². The summed E-state index contributed by atoms with van der Waals surface area (Å²) in [7, 11) is 0. The van der Waals surface area contributed by atoms with Crippen LogP contribution in [0.3, 0.4) is 0 Å². The summed E-state index contributed by atoms with van der Waals surface area (Å²) in [6.45, 7) is 4.37. The van der Waals surface area contributed by atoms with Gasteiger partial charge in [0, 0.05) is 11.8 Å². The van der Waals surface area contributed by atoms with Crippen molar-refractivity contribution in [1.29, 1.82) is 0 Å². The van der Waals surface area contributed by atoms with Crippen molar-refractivity contribution in [3.05, 3.63) is 0 Å². The third-order valence-corrected chi connectivity index (χ3v) is 2.78. The van der Waals surface area contributed by atoms with Crippen molar-refractivity contribution >= 4 is 17.7 Å². The highest BCUT2D eigenvalue weighted by Gasteiger charge is 2.18. The maximum absolute atomic E-state index is 10.9. The van der Waals surface area contributed by atoms with Gasteiger partial charge in [-0.25, -0.2) is 0 Å². The number of carbonyl (C=O) groups is 1. The molecule has 1 saturated heterocycles. The van der Waals surface area contributed by atoms with Gasteiger partial charge in [-0.1, -0.05) is 13.8 Å². The highest BCUT2D eigenvalue weighted by Crippen LogP contribution is 2.14. The molecule has 0 bridgehead atoms. The van der Waals surface area contributed by atoms with E-state index in [1.165, 1.54) is 0 Å². The molecule has 0 aliphatic carbocycles. The lowest BCUT2D eigenvalue weighted by molar-refractivity contribution is -0.119. The van der Waals surface area contributed by atoms with Crippen molar-refractivity contribution in [3.8, 4) is 0 Å². The Morgan fingerprint density at radius 3 is 3.00 bits per heavy atom. The van der Waals surface area contributed by atoms with Crippen LogP contribution in [-0.2, 0) is 4.79 Å². The van der Waals surface area contributed by atoms with Crippen LogP contribution in [0.25, 0.3) is 0 Å². The summed E-state index contributed by atoms with van der Waals surface area (Å²) in [6, 6.07) is 0.418. The van der Waals surface area contributed by atoms with Gasteiger partial charge in [0.15, 0.2) is 0 Å². The molecule has 1 aliphatic rings. The molecule has 11 heavy (non-hydrogen) atoms. The average Bonchev–Trinajstić information content (AvgIpc) is 1.85. The normalized spacial score (nSPS) is 25.4. The molecule has 1 unspecified atom stereocenters. The Hall–Kier alpha value is -0.180. The fourth-order valence-electron chi connectivity index (χ4n) is 1.30. The minimum absolute atomic E-state index is 0.201. The van der Waals surface area contributed by atoms with E-state index >= 15 is 0 Å². The van der Waals surface area contributed by atoms with Crippen molar-refractivity contribution in [1.82, 2.24) is 5.32 Å². The summed E-state index contributed by atoms with van der Waals surface area (Å²) in [5.41, 5.74) is 0. The van der Waals surface area contributed by atoms with E-state index < -0.39 is 0 Å². The second-order valence-corrected chi connectivity index (χ2v) is 4.44. The van der Waals surface area contributed by atoms with Crippen LogP contribution in [0.5, 0.6) is 0 Å². The molecule has 2 nitrogen and oxygen atoms in total. The maximum Gasteiger partial charge on any atom is 0.230 e. The number of amides is 1. The average molecular weight is 173 g/mol. The van der Waals surface area contributed by atoms with Crippen LogP contribution in [0.15, 0.2) is 0 Å². The van der Waals surface area contributed by atoms with Gasteiger partial charge in [-0.05, 0) is 12.3 Å². The van der Waals surface area contributed by atoms with Crippen molar-refractivity contribution in [2.75, 3.05) is 11.5 Å². The number of hydrogen-bond acceptors (Lipinski definition) is 2. The van der Waals surface area contributed by atoms with Crippen LogP contribution in [-0.4, -0.2) is 23.5 Å². The van der Waals surface area contributed by atoms with Crippen molar-refractivity contribution in [2.45, 2.75) is 26.3 Å². The van der Waals surface area contributed by atoms with Gasteiger partial charge in [0.2, 0.25) is 5.91 Å². The summed E-state index contributed by atoms with van der Waals surface area (Å²) in [6.07, 6.45) is 1.11. The first-order chi connectivity index (χ1) is 5.18. The van der Waals surface area contributed by atoms with E-state index in [2.05, 4.69) is 19.2 Å². The van der Waals surface area contributed by atoms with Gasteiger partial charge < -0.3 is 5.32 Å². The molecular formula is C8H15NOS. The monoisotopic (exact) mass is 173 g/mol. The first-order valence-electron chi connectivity index (χ1n) is 4.05. The minimum atomic E-state index is 0.201. The highest BCUT2D eigenvalue weighted by atomic mass is 32.2. The van der Waals surface area contributed by atoms with E-state index in [4.69, 9.17) is 0 Å². The van der Waals surface area contributed by atoms with Crippen LogP contribution in [0, 0.1) is 5.92 Å². The third kappa shape index (κ3) is 3.14. The summed E-state index contributed by atoms with van der Waals surface area (Å²) in [5.74, 6) is 2.62. The molecule has 1 aliphatic heterocycles. The summed E-state index contributed by atoms with van der Waals surface area (Å²) < 4.78 is 0. The molecule has 1 fully saturated rings. The molecule has 1 amide bonds. The number of nitrogens with one attached hydrogen (secondary N) is 1. The lowest BCUT2D eigenvalue weighted by atomic mass is 10.1. The molecule has 0 spiro atoms. The molecule has 1 rings (SSSR count). The zero-order chi connectivity index (χ0) is 8.27. The Balaban J connectivity index is 2.28. The van der Waals surface area contributed by atoms with E-state index in [-0.39, 0.29) is 5.91 Å². The smallest absolute Gasteiger partial charge is 0.230 e. The molecule has 64 valence electrons. The molecule has 0 saturated carbocycles. The first-order valence-corrected chi connectivity index (χ1v) is 5.21. The van der Waals surface area contributed by atoms with Crippen molar-refractivity contribution in [3.63, 3.8) is 0 Å². The van der Waals surface area contributed by atoms with Gasteiger partial charge in [-0.2, -0.15) is 0 Å². The van der Waals surface area contributed by atoms with Crippen LogP contribution in [0.1, 0.15) is 20.3 Å². The van der Waals surface area contributed by atoms with Gasteiger partial charge in [-0.3, -0.25) is 4.79 Å². The van der Waals surface area contributed by atoms with Crippen LogP contribution in [0.4, 0.5) is 0 Å². The number of hydrogen-bond donors (Lipinski definition) is 1. The third-order valence-electron chi connectivity index (χ3n) is 1.67. The highest BCUT2D eigenvalue weighted by molar-refractivity contribution is 8.00. The Morgan fingerprint density at radius 1 is 1.73 bits per heavy atom. The quantitative estimate of drug-likeness (QED) is 0.681.